The van der Waals surface area contributed by atoms with Crippen molar-refractivity contribution in [3.05, 3.63) is 58.0 Å². The summed E-state index contributed by atoms with van der Waals surface area (Å²) in [6.07, 6.45) is 0. The van der Waals surface area contributed by atoms with Gasteiger partial charge in [0.2, 0.25) is 0 Å². The van der Waals surface area contributed by atoms with E-state index in [0.29, 0.717) is 5.56 Å². The number of benzene rings is 2. The standard InChI is InChI=1S/C14H9BrN2OS/c15-11-4-2-1-3-10(11)14(18)17-9-5-6-12-13(7-9)19-8-16-12/h1-8H,(H,17,18). The molecule has 1 heterocycles. The highest BCUT2D eigenvalue weighted by Crippen LogP contribution is 2.23. The summed E-state index contributed by atoms with van der Waals surface area (Å²) in [5.74, 6) is -0.128. The van der Waals surface area contributed by atoms with E-state index in [-0.39, 0.29) is 5.91 Å². The first-order chi connectivity index (χ1) is 9.24. The summed E-state index contributed by atoms with van der Waals surface area (Å²) in [5, 5.41) is 2.89. The molecule has 3 rings (SSSR count). The van der Waals surface area contributed by atoms with Crippen LogP contribution in [-0.4, -0.2) is 10.9 Å². The van der Waals surface area contributed by atoms with Crippen LogP contribution in [0.5, 0.6) is 0 Å². The van der Waals surface area contributed by atoms with Gasteiger partial charge in [0.05, 0.1) is 21.3 Å². The Kier molecular flexibility index (Phi) is 3.31. The number of hydrogen-bond donors (Lipinski definition) is 1. The number of rotatable bonds is 2. The molecule has 0 fully saturated rings. The lowest BCUT2D eigenvalue weighted by molar-refractivity contribution is 0.102. The number of nitrogens with zero attached hydrogens (tertiary/aromatic N) is 1. The molecule has 2 aromatic carbocycles. The molecule has 0 aliphatic heterocycles. The van der Waals surface area contributed by atoms with Gasteiger partial charge in [0.15, 0.2) is 0 Å². The van der Waals surface area contributed by atoms with Gasteiger partial charge in [0.25, 0.3) is 5.91 Å². The molecule has 0 radical (unpaired) electrons. The maximum atomic E-state index is 12.2. The third-order valence-electron chi connectivity index (χ3n) is 2.71. The smallest absolute Gasteiger partial charge is 0.256 e. The first kappa shape index (κ1) is 12.3. The fourth-order valence-electron chi connectivity index (χ4n) is 1.78. The van der Waals surface area contributed by atoms with E-state index in [9.17, 15) is 4.79 Å². The Hall–Kier alpha value is -1.72. The molecule has 94 valence electrons. The van der Waals surface area contributed by atoms with Gasteiger partial charge in [0.1, 0.15) is 0 Å². The number of carbonyl (C=O) groups excluding carboxylic acids is 1. The molecule has 19 heavy (non-hydrogen) atoms. The summed E-state index contributed by atoms with van der Waals surface area (Å²) < 4.78 is 1.84. The van der Waals surface area contributed by atoms with Crippen LogP contribution in [0.3, 0.4) is 0 Å². The van der Waals surface area contributed by atoms with Gasteiger partial charge in [0, 0.05) is 10.2 Å². The molecular weight excluding hydrogens is 324 g/mol. The molecule has 1 aromatic heterocycles. The van der Waals surface area contributed by atoms with Crippen molar-refractivity contribution in [1.29, 1.82) is 0 Å². The molecule has 0 atom stereocenters. The van der Waals surface area contributed by atoms with E-state index in [0.717, 1.165) is 20.4 Å². The summed E-state index contributed by atoms with van der Waals surface area (Å²) in [6, 6.07) is 13.0. The van der Waals surface area contributed by atoms with Crippen molar-refractivity contribution in [2.75, 3.05) is 5.32 Å². The number of thiazole rings is 1. The fraction of sp³-hybridized carbons (Fsp3) is 0. The molecule has 5 heteroatoms. The lowest BCUT2D eigenvalue weighted by Gasteiger charge is -2.06. The largest absolute Gasteiger partial charge is 0.322 e. The average Bonchev–Trinajstić information content (AvgIpc) is 2.86. The van der Waals surface area contributed by atoms with Gasteiger partial charge in [-0.15, -0.1) is 11.3 Å². The molecule has 3 aromatic rings. The zero-order valence-corrected chi connectivity index (χ0v) is 12.2. The van der Waals surface area contributed by atoms with Crippen molar-refractivity contribution in [3.8, 4) is 0 Å². The number of hydrogen-bond acceptors (Lipinski definition) is 3. The molecule has 1 N–H and O–H groups in total. The van der Waals surface area contributed by atoms with Gasteiger partial charge >= 0.3 is 0 Å². The first-order valence-corrected chi connectivity index (χ1v) is 7.30. The lowest BCUT2D eigenvalue weighted by Crippen LogP contribution is -2.12. The van der Waals surface area contributed by atoms with Crippen LogP contribution in [0.15, 0.2) is 52.4 Å². The predicted octanol–water partition coefficient (Wildman–Crippen LogP) is 4.31. The van der Waals surface area contributed by atoms with E-state index in [1.165, 1.54) is 0 Å². The fourth-order valence-corrected chi connectivity index (χ4v) is 2.96. The molecule has 0 saturated carbocycles. The Balaban J connectivity index is 1.88. The summed E-state index contributed by atoms with van der Waals surface area (Å²) >= 11 is 4.93. The van der Waals surface area contributed by atoms with Crippen molar-refractivity contribution in [2.24, 2.45) is 0 Å². The second-order valence-electron chi connectivity index (χ2n) is 3.97. The minimum atomic E-state index is -0.128. The van der Waals surface area contributed by atoms with Crippen LogP contribution >= 0.6 is 27.3 Å². The van der Waals surface area contributed by atoms with E-state index in [1.807, 2.05) is 36.4 Å². The predicted molar refractivity (Wildman–Crippen MR) is 81.7 cm³/mol. The van der Waals surface area contributed by atoms with Crippen molar-refractivity contribution in [3.63, 3.8) is 0 Å². The second-order valence-corrected chi connectivity index (χ2v) is 5.71. The summed E-state index contributed by atoms with van der Waals surface area (Å²) in [6.45, 7) is 0. The molecule has 1 amide bonds. The van der Waals surface area contributed by atoms with Crippen LogP contribution < -0.4 is 5.32 Å². The number of aromatic nitrogens is 1. The molecule has 3 nitrogen and oxygen atoms in total. The van der Waals surface area contributed by atoms with Gasteiger partial charge in [-0.25, -0.2) is 4.98 Å². The Bertz CT molecular complexity index is 754. The Morgan fingerprint density at radius 3 is 2.89 bits per heavy atom. The van der Waals surface area contributed by atoms with Crippen molar-refractivity contribution in [1.82, 2.24) is 4.98 Å². The molecular formula is C14H9BrN2OS. The quantitative estimate of drug-likeness (QED) is 0.759. The van der Waals surface area contributed by atoms with Crippen LogP contribution in [0, 0.1) is 0 Å². The zero-order valence-electron chi connectivity index (χ0n) is 9.76. The third-order valence-corrected chi connectivity index (χ3v) is 4.19. The average molecular weight is 333 g/mol. The molecule has 0 unspecified atom stereocenters. The molecule has 0 spiro atoms. The van der Waals surface area contributed by atoms with Gasteiger partial charge in [-0.2, -0.15) is 0 Å². The van der Waals surface area contributed by atoms with Crippen LogP contribution in [0.25, 0.3) is 10.2 Å². The van der Waals surface area contributed by atoms with E-state index >= 15 is 0 Å². The van der Waals surface area contributed by atoms with Gasteiger partial charge < -0.3 is 5.32 Å². The van der Waals surface area contributed by atoms with Gasteiger partial charge in [-0.3, -0.25) is 4.79 Å². The summed E-state index contributed by atoms with van der Waals surface area (Å²) in [4.78, 5) is 16.4. The number of carbonyl (C=O) groups is 1. The zero-order chi connectivity index (χ0) is 13.2. The van der Waals surface area contributed by atoms with Crippen molar-refractivity contribution >= 4 is 49.1 Å². The minimum absolute atomic E-state index is 0.128. The highest BCUT2D eigenvalue weighted by atomic mass is 79.9. The number of fused-ring (bicyclic) bond motifs is 1. The van der Waals surface area contributed by atoms with Crippen LogP contribution in [0.2, 0.25) is 0 Å². The van der Waals surface area contributed by atoms with E-state index < -0.39 is 0 Å². The number of nitrogens with one attached hydrogen (secondary N) is 1. The van der Waals surface area contributed by atoms with Crippen LogP contribution in [0.1, 0.15) is 10.4 Å². The SMILES string of the molecule is O=C(Nc1ccc2ncsc2c1)c1ccccc1Br. The highest BCUT2D eigenvalue weighted by Gasteiger charge is 2.09. The van der Waals surface area contributed by atoms with Crippen LogP contribution in [-0.2, 0) is 0 Å². The van der Waals surface area contributed by atoms with Gasteiger partial charge in [-0.1, -0.05) is 12.1 Å². The molecule has 0 bridgehead atoms. The number of amides is 1. The number of anilines is 1. The Morgan fingerprint density at radius 2 is 2.05 bits per heavy atom. The van der Waals surface area contributed by atoms with E-state index in [1.54, 1.807) is 22.9 Å². The van der Waals surface area contributed by atoms with Crippen molar-refractivity contribution < 1.29 is 4.79 Å². The maximum Gasteiger partial charge on any atom is 0.256 e. The monoisotopic (exact) mass is 332 g/mol. The minimum Gasteiger partial charge on any atom is -0.322 e. The summed E-state index contributed by atoms with van der Waals surface area (Å²) in [5.41, 5.74) is 4.14. The van der Waals surface area contributed by atoms with Crippen LogP contribution in [0.4, 0.5) is 5.69 Å². The second kappa shape index (κ2) is 5.11. The lowest BCUT2D eigenvalue weighted by atomic mass is 10.2. The van der Waals surface area contributed by atoms with Crippen molar-refractivity contribution in [2.45, 2.75) is 0 Å². The summed E-state index contributed by atoms with van der Waals surface area (Å²) in [7, 11) is 0. The van der Waals surface area contributed by atoms with E-state index in [2.05, 4.69) is 26.2 Å². The Labute approximate surface area is 122 Å². The maximum absolute atomic E-state index is 12.2. The first-order valence-electron chi connectivity index (χ1n) is 5.63. The molecule has 0 aliphatic rings. The van der Waals surface area contributed by atoms with Gasteiger partial charge in [-0.05, 0) is 46.3 Å². The Morgan fingerprint density at radius 1 is 1.21 bits per heavy atom. The topological polar surface area (TPSA) is 42.0 Å². The third kappa shape index (κ3) is 2.52. The van der Waals surface area contributed by atoms with E-state index in [4.69, 9.17) is 0 Å². The number of halogens is 1. The highest BCUT2D eigenvalue weighted by molar-refractivity contribution is 9.10. The molecule has 0 aliphatic carbocycles. The molecule has 0 saturated heterocycles. The normalized spacial score (nSPS) is 10.6.